The van der Waals surface area contributed by atoms with Crippen molar-refractivity contribution in [3.05, 3.63) is 29.3 Å². The van der Waals surface area contributed by atoms with Crippen LogP contribution in [0.3, 0.4) is 0 Å². The standard InChI is InChI=1S/C12H11ClN2O2/c13-8-2-1-3-10(6-8)15-11(16)7-14(12(15)17)9-4-5-9/h1-3,6,9H,4-5,7H2. The molecule has 88 valence electrons. The van der Waals surface area contributed by atoms with Gasteiger partial charge in [0.05, 0.1) is 5.69 Å². The summed E-state index contributed by atoms with van der Waals surface area (Å²) in [5, 5.41) is 0.521. The Bertz CT molecular complexity index is 499. The molecule has 1 aliphatic carbocycles. The Morgan fingerprint density at radius 1 is 1.24 bits per heavy atom. The van der Waals surface area contributed by atoms with Crippen molar-refractivity contribution in [1.29, 1.82) is 0 Å². The van der Waals surface area contributed by atoms with Gasteiger partial charge in [-0.15, -0.1) is 0 Å². The molecule has 0 atom stereocenters. The number of carbonyl (C=O) groups excluding carboxylic acids is 2. The minimum atomic E-state index is -0.222. The van der Waals surface area contributed by atoms with Crippen molar-refractivity contribution in [2.45, 2.75) is 18.9 Å². The monoisotopic (exact) mass is 250 g/mol. The van der Waals surface area contributed by atoms with Crippen LogP contribution < -0.4 is 4.90 Å². The van der Waals surface area contributed by atoms with Crippen LogP contribution >= 0.6 is 11.6 Å². The largest absolute Gasteiger partial charge is 0.332 e. The first kappa shape index (κ1) is 10.6. The molecule has 0 bridgehead atoms. The van der Waals surface area contributed by atoms with Crippen molar-refractivity contribution in [1.82, 2.24) is 4.90 Å². The number of rotatable bonds is 2. The lowest BCUT2D eigenvalue weighted by Gasteiger charge is -2.16. The van der Waals surface area contributed by atoms with Gasteiger partial charge < -0.3 is 4.90 Å². The molecule has 1 aromatic rings. The first-order valence-electron chi connectivity index (χ1n) is 5.56. The third kappa shape index (κ3) is 1.78. The van der Waals surface area contributed by atoms with Gasteiger partial charge in [-0.3, -0.25) is 4.79 Å². The van der Waals surface area contributed by atoms with Crippen LogP contribution in [0, 0.1) is 0 Å². The quantitative estimate of drug-likeness (QED) is 0.756. The Kier molecular flexibility index (Phi) is 2.33. The van der Waals surface area contributed by atoms with Crippen molar-refractivity contribution in [2.24, 2.45) is 0 Å². The molecule has 3 rings (SSSR count). The molecule has 0 unspecified atom stereocenters. The molecule has 1 saturated heterocycles. The molecule has 1 aliphatic heterocycles. The topological polar surface area (TPSA) is 40.6 Å². The van der Waals surface area contributed by atoms with E-state index in [2.05, 4.69) is 0 Å². The summed E-state index contributed by atoms with van der Waals surface area (Å²) >= 11 is 5.87. The van der Waals surface area contributed by atoms with Gasteiger partial charge in [-0.05, 0) is 31.0 Å². The number of nitrogens with zero attached hydrogens (tertiary/aromatic N) is 2. The van der Waals surface area contributed by atoms with Gasteiger partial charge in [-0.25, -0.2) is 9.69 Å². The fourth-order valence-corrected chi connectivity index (χ4v) is 2.24. The lowest BCUT2D eigenvalue weighted by atomic mass is 10.3. The lowest BCUT2D eigenvalue weighted by Crippen LogP contribution is -2.34. The van der Waals surface area contributed by atoms with Crippen molar-refractivity contribution in [3.63, 3.8) is 0 Å². The summed E-state index contributed by atoms with van der Waals surface area (Å²) in [6.45, 7) is 0.190. The number of imide groups is 1. The summed E-state index contributed by atoms with van der Waals surface area (Å²) < 4.78 is 0. The number of amides is 3. The van der Waals surface area contributed by atoms with E-state index in [1.807, 2.05) is 0 Å². The number of hydrogen-bond acceptors (Lipinski definition) is 2. The van der Waals surface area contributed by atoms with E-state index < -0.39 is 0 Å². The second-order valence-electron chi connectivity index (χ2n) is 4.35. The van der Waals surface area contributed by atoms with E-state index in [1.165, 1.54) is 4.90 Å². The zero-order valence-electron chi connectivity index (χ0n) is 9.10. The van der Waals surface area contributed by atoms with E-state index in [1.54, 1.807) is 29.2 Å². The average molecular weight is 251 g/mol. The molecular formula is C12H11ClN2O2. The number of halogens is 1. The van der Waals surface area contributed by atoms with Gasteiger partial charge >= 0.3 is 6.03 Å². The highest BCUT2D eigenvalue weighted by molar-refractivity contribution is 6.31. The Hall–Kier alpha value is -1.55. The molecule has 17 heavy (non-hydrogen) atoms. The number of carbonyl (C=O) groups is 2. The molecule has 0 aromatic heterocycles. The van der Waals surface area contributed by atoms with Gasteiger partial charge in [-0.2, -0.15) is 0 Å². The molecule has 3 amide bonds. The lowest BCUT2D eigenvalue weighted by molar-refractivity contribution is -0.116. The van der Waals surface area contributed by atoms with Crippen molar-refractivity contribution < 1.29 is 9.59 Å². The van der Waals surface area contributed by atoms with Gasteiger partial charge in [0, 0.05) is 11.1 Å². The van der Waals surface area contributed by atoms with E-state index in [4.69, 9.17) is 11.6 Å². The maximum absolute atomic E-state index is 12.1. The van der Waals surface area contributed by atoms with Crippen LogP contribution in [0.2, 0.25) is 5.02 Å². The first-order valence-corrected chi connectivity index (χ1v) is 5.94. The molecule has 0 radical (unpaired) electrons. The first-order chi connectivity index (χ1) is 8.16. The maximum Gasteiger partial charge on any atom is 0.332 e. The predicted molar refractivity (Wildman–Crippen MR) is 64.1 cm³/mol. The molecule has 2 aliphatic rings. The number of benzene rings is 1. The summed E-state index contributed by atoms with van der Waals surface area (Å²) in [6.07, 6.45) is 2.00. The fourth-order valence-electron chi connectivity index (χ4n) is 2.06. The fraction of sp³-hybridized carbons (Fsp3) is 0.333. The van der Waals surface area contributed by atoms with Crippen molar-refractivity contribution in [3.8, 4) is 0 Å². The zero-order valence-corrected chi connectivity index (χ0v) is 9.85. The molecular weight excluding hydrogens is 240 g/mol. The molecule has 1 heterocycles. The predicted octanol–water partition coefficient (Wildman–Crippen LogP) is 2.27. The Balaban J connectivity index is 1.92. The van der Waals surface area contributed by atoms with Gasteiger partial charge in [-0.1, -0.05) is 17.7 Å². The Labute approximate surface area is 104 Å². The summed E-state index contributed by atoms with van der Waals surface area (Å²) in [4.78, 5) is 26.8. The Morgan fingerprint density at radius 2 is 2.00 bits per heavy atom. The van der Waals surface area contributed by atoms with Crippen LogP contribution in [-0.4, -0.2) is 29.4 Å². The third-order valence-corrected chi connectivity index (χ3v) is 3.28. The van der Waals surface area contributed by atoms with Gasteiger partial charge in [0.15, 0.2) is 0 Å². The van der Waals surface area contributed by atoms with Crippen LogP contribution in [-0.2, 0) is 4.79 Å². The summed E-state index contributed by atoms with van der Waals surface area (Å²) in [7, 11) is 0. The molecule has 5 heteroatoms. The third-order valence-electron chi connectivity index (χ3n) is 3.05. The zero-order chi connectivity index (χ0) is 12.0. The molecule has 4 nitrogen and oxygen atoms in total. The number of hydrogen-bond donors (Lipinski definition) is 0. The second-order valence-corrected chi connectivity index (χ2v) is 4.79. The van der Waals surface area contributed by atoms with Crippen LogP contribution in [0.15, 0.2) is 24.3 Å². The highest BCUT2D eigenvalue weighted by Gasteiger charge is 2.44. The normalized spacial score (nSPS) is 20.3. The van der Waals surface area contributed by atoms with E-state index in [9.17, 15) is 9.59 Å². The van der Waals surface area contributed by atoms with Gasteiger partial charge in [0.2, 0.25) is 0 Å². The Morgan fingerprint density at radius 3 is 2.65 bits per heavy atom. The van der Waals surface area contributed by atoms with Crippen LogP contribution in [0.5, 0.6) is 0 Å². The molecule has 1 saturated carbocycles. The molecule has 1 aromatic carbocycles. The number of urea groups is 1. The maximum atomic E-state index is 12.1. The summed E-state index contributed by atoms with van der Waals surface area (Å²) in [6, 6.07) is 6.84. The van der Waals surface area contributed by atoms with Gasteiger partial charge in [0.1, 0.15) is 6.54 Å². The van der Waals surface area contributed by atoms with Crippen LogP contribution in [0.4, 0.5) is 10.5 Å². The minimum absolute atomic E-state index is 0.177. The highest BCUT2D eigenvalue weighted by Crippen LogP contribution is 2.32. The minimum Gasteiger partial charge on any atom is -0.312 e. The number of anilines is 1. The van der Waals surface area contributed by atoms with Crippen molar-refractivity contribution in [2.75, 3.05) is 11.4 Å². The highest BCUT2D eigenvalue weighted by atomic mass is 35.5. The van der Waals surface area contributed by atoms with E-state index in [0.717, 1.165) is 12.8 Å². The summed E-state index contributed by atoms with van der Waals surface area (Å²) in [5.41, 5.74) is 0.552. The molecule has 0 spiro atoms. The van der Waals surface area contributed by atoms with E-state index >= 15 is 0 Å². The second kappa shape index (κ2) is 3.74. The van der Waals surface area contributed by atoms with Gasteiger partial charge in [0.25, 0.3) is 5.91 Å². The molecule has 0 N–H and O–H groups in total. The van der Waals surface area contributed by atoms with Crippen molar-refractivity contribution >= 4 is 29.2 Å². The average Bonchev–Trinajstić information content (AvgIpc) is 3.06. The SMILES string of the molecule is O=C1CN(C2CC2)C(=O)N1c1cccc(Cl)c1. The summed E-state index contributed by atoms with van der Waals surface area (Å²) in [5.74, 6) is -0.177. The van der Waals surface area contributed by atoms with Crippen LogP contribution in [0.1, 0.15) is 12.8 Å². The molecule has 2 fully saturated rings. The smallest absolute Gasteiger partial charge is 0.312 e. The van der Waals surface area contributed by atoms with Crippen LogP contribution in [0.25, 0.3) is 0 Å². The van der Waals surface area contributed by atoms with E-state index in [0.29, 0.717) is 10.7 Å². The van der Waals surface area contributed by atoms with E-state index in [-0.39, 0.29) is 24.5 Å².